The Labute approximate surface area is 180 Å². The molecule has 7 heteroatoms. The molecule has 0 saturated heterocycles. The molecular weight excluding hydrogens is 416 g/mol. The molecule has 5 nitrogen and oxygen atoms in total. The van der Waals surface area contributed by atoms with Crippen molar-refractivity contribution in [2.45, 2.75) is 6.04 Å². The molecular formula is C25H15F2NO4. The van der Waals surface area contributed by atoms with Gasteiger partial charge in [-0.15, -0.1) is 0 Å². The second-order valence-corrected chi connectivity index (χ2v) is 7.32. The van der Waals surface area contributed by atoms with Gasteiger partial charge in [0.05, 0.1) is 17.3 Å². The second kappa shape index (κ2) is 7.46. The van der Waals surface area contributed by atoms with E-state index in [-0.39, 0.29) is 17.0 Å². The van der Waals surface area contributed by atoms with Gasteiger partial charge >= 0.3 is 0 Å². The van der Waals surface area contributed by atoms with Crippen molar-refractivity contribution in [3.63, 3.8) is 0 Å². The topological polar surface area (TPSA) is 70.8 Å². The van der Waals surface area contributed by atoms with Crippen molar-refractivity contribution in [3.05, 3.63) is 113 Å². The van der Waals surface area contributed by atoms with E-state index in [4.69, 9.17) is 4.42 Å². The predicted octanol–water partition coefficient (Wildman–Crippen LogP) is 5.49. The van der Waals surface area contributed by atoms with Crippen molar-refractivity contribution < 1.29 is 27.9 Å². The zero-order chi connectivity index (χ0) is 22.4. The lowest BCUT2D eigenvalue weighted by Gasteiger charge is -2.27. The van der Waals surface area contributed by atoms with Crippen LogP contribution in [0.1, 0.15) is 22.2 Å². The van der Waals surface area contributed by atoms with Crippen LogP contribution in [0.3, 0.4) is 0 Å². The summed E-state index contributed by atoms with van der Waals surface area (Å²) in [6, 6.07) is 18.3. The number of aliphatic hydroxyl groups excluding tert-OH is 1. The number of fused-ring (bicyclic) bond motifs is 1. The van der Waals surface area contributed by atoms with Crippen LogP contribution in [0.15, 0.2) is 94.6 Å². The SMILES string of the molecule is O=C(C1=C(O)C(=O)N(c2cc(F)ccc2F)C1c1ccccc1)c1cc2ccccc2o1. The summed E-state index contributed by atoms with van der Waals surface area (Å²) in [5.74, 6) is -4.29. The van der Waals surface area contributed by atoms with Gasteiger partial charge in [0.2, 0.25) is 5.78 Å². The Balaban J connectivity index is 1.69. The molecule has 1 N–H and O–H groups in total. The monoisotopic (exact) mass is 431 g/mol. The molecule has 0 spiro atoms. The first kappa shape index (κ1) is 19.7. The van der Waals surface area contributed by atoms with Gasteiger partial charge < -0.3 is 9.52 Å². The van der Waals surface area contributed by atoms with Crippen LogP contribution in [0.4, 0.5) is 14.5 Å². The zero-order valence-electron chi connectivity index (χ0n) is 16.5. The Morgan fingerprint density at radius 3 is 2.41 bits per heavy atom. The number of anilines is 1. The minimum absolute atomic E-state index is 0.0805. The standard InChI is InChI=1S/C25H15F2NO4/c26-16-10-11-17(27)18(13-16)28-22(14-6-2-1-3-7-14)21(24(30)25(28)31)23(29)20-12-15-8-4-5-9-19(15)32-20/h1-13,22,30H. The molecule has 1 unspecified atom stereocenters. The van der Waals surface area contributed by atoms with E-state index >= 15 is 0 Å². The first-order valence-electron chi connectivity index (χ1n) is 9.75. The number of Topliss-reactive ketones (excluding diaryl/α,β-unsaturated/α-hetero) is 1. The number of ketones is 1. The number of para-hydroxylation sites is 1. The molecule has 1 amide bonds. The molecule has 0 radical (unpaired) electrons. The molecule has 5 rings (SSSR count). The van der Waals surface area contributed by atoms with E-state index in [9.17, 15) is 23.5 Å². The molecule has 1 aliphatic heterocycles. The minimum atomic E-state index is -1.18. The fourth-order valence-corrected chi connectivity index (χ4v) is 3.93. The highest BCUT2D eigenvalue weighted by Crippen LogP contribution is 2.43. The smallest absolute Gasteiger partial charge is 0.294 e. The van der Waals surface area contributed by atoms with Gasteiger partial charge in [0.1, 0.15) is 17.2 Å². The minimum Gasteiger partial charge on any atom is -0.503 e. The van der Waals surface area contributed by atoms with Crippen molar-refractivity contribution in [1.82, 2.24) is 0 Å². The molecule has 2 heterocycles. The Morgan fingerprint density at radius 2 is 1.66 bits per heavy atom. The van der Waals surface area contributed by atoms with E-state index in [1.54, 1.807) is 54.6 Å². The van der Waals surface area contributed by atoms with Crippen LogP contribution in [0, 0.1) is 11.6 Å². The number of aliphatic hydroxyl groups is 1. The largest absolute Gasteiger partial charge is 0.503 e. The lowest BCUT2D eigenvalue weighted by atomic mass is 9.94. The fourth-order valence-electron chi connectivity index (χ4n) is 3.93. The maximum atomic E-state index is 14.6. The third-order valence-electron chi connectivity index (χ3n) is 5.39. The first-order chi connectivity index (χ1) is 15.5. The average molecular weight is 431 g/mol. The molecule has 0 saturated carbocycles. The summed E-state index contributed by atoms with van der Waals surface area (Å²) in [7, 11) is 0. The number of nitrogens with zero attached hydrogens (tertiary/aromatic N) is 1. The quantitative estimate of drug-likeness (QED) is 0.434. The summed E-state index contributed by atoms with van der Waals surface area (Å²) in [4.78, 5) is 27.3. The highest BCUT2D eigenvalue weighted by atomic mass is 19.1. The molecule has 3 aromatic carbocycles. The lowest BCUT2D eigenvalue weighted by Crippen LogP contribution is -2.31. The third kappa shape index (κ3) is 3.06. The van der Waals surface area contributed by atoms with E-state index < -0.39 is 35.1 Å². The number of rotatable bonds is 4. The summed E-state index contributed by atoms with van der Waals surface area (Å²) in [5.41, 5.74) is 0.240. The third-order valence-corrected chi connectivity index (χ3v) is 5.39. The van der Waals surface area contributed by atoms with Gasteiger partial charge in [0.15, 0.2) is 11.5 Å². The summed E-state index contributed by atoms with van der Waals surface area (Å²) >= 11 is 0. The van der Waals surface area contributed by atoms with Crippen LogP contribution in [-0.2, 0) is 4.79 Å². The van der Waals surface area contributed by atoms with Crippen molar-refractivity contribution >= 4 is 28.3 Å². The highest BCUT2D eigenvalue weighted by molar-refractivity contribution is 6.20. The second-order valence-electron chi connectivity index (χ2n) is 7.32. The van der Waals surface area contributed by atoms with Crippen molar-refractivity contribution in [2.75, 3.05) is 4.90 Å². The van der Waals surface area contributed by atoms with Gasteiger partial charge in [0.25, 0.3) is 5.91 Å². The van der Waals surface area contributed by atoms with Crippen LogP contribution in [-0.4, -0.2) is 16.8 Å². The molecule has 158 valence electrons. The Bertz CT molecular complexity index is 1380. The van der Waals surface area contributed by atoms with Gasteiger partial charge in [-0.2, -0.15) is 0 Å². The summed E-state index contributed by atoms with van der Waals surface area (Å²) in [5, 5.41) is 11.4. The van der Waals surface area contributed by atoms with Crippen LogP contribution < -0.4 is 4.90 Å². The molecule has 4 aromatic rings. The molecule has 1 aliphatic rings. The Kier molecular flexibility index (Phi) is 4.59. The van der Waals surface area contributed by atoms with Crippen molar-refractivity contribution in [3.8, 4) is 0 Å². The zero-order valence-corrected chi connectivity index (χ0v) is 16.5. The fraction of sp³-hybridized carbons (Fsp3) is 0.0400. The first-order valence-corrected chi connectivity index (χ1v) is 9.75. The maximum Gasteiger partial charge on any atom is 0.294 e. The Hall–Kier alpha value is -4.26. The lowest BCUT2D eigenvalue weighted by molar-refractivity contribution is -0.117. The number of halogens is 2. The summed E-state index contributed by atoms with van der Waals surface area (Å²) in [6.45, 7) is 0. The van der Waals surface area contributed by atoms with Crippen molar-refractivity contribution in [2.24, 2.45) is 0 Å². The number of hydrogen-bond acceptors (Lipinski definition) is 4. The van der Waals surface area contributed by atoms with Crippen LogP contribution in [0.25, 0.3) is 11.0 Å². The van der Waals surface area contributed by atoms with Gasteiger partial charge in [-0.25, -0.2) is 8.78 Å². The van der Waals surface area contributed by atoms with Gasteiger partial charge in [-0.05, 0) is 29.8 Å². The number of benzene rings is 3. The number of carbonyl (C=O) groups excluding carboxylic acids is 2. The van der Waals surface area contributed by atoms with Crippen LogP contribution >= 0.6 is 0 Å². The van der Waals surface area contributed by atoms with E-state index in [1.165, 1.54) is 6.07 Å². The van der Waals surface area contributed by atoms with Crippen LogP contribution in [0.2, 0.25) is 0 Å². The highest BCUT2D eigenvalue weighted by Gasteiger charge is 2.46. The average Bonchev–Trinajstić information content (AvgIpc) is 3.35. The number of carbonyl (C=O) groups is 2. The number of hydrogen-bond donors (Lipinski definition) is 1. The van der Waals surface area contributed by atoms with Gasteiger partial charge in [0, 0.05) is 11.5 Å². The molecule has 1 atom stereocenters. The predicted molar refractivity (Wildman–Crippen MR) is 113 cm³/mol. The number of amides is 1. The molecule has 32 heavy (non-hydrogen) atoms. The van der Waals surface area contributed by atoms with Gasteiger partial charge in [-0.1, -0.05) is 48.5 Å². The molecule has 0 aliphatic carbocycles. The normalized spacial score (nSPS) is 16.2. The van der Waals surface area contributed by atoms with E-state index in [2.05, 4.69) is 0 Å². The summed E-state index contributed by atoms with van der Waals surface area (Å²) in [6.07, 6.45) is 0. The van der Waals surface area contributed by atoms with Gasteiger partial charge in [-0.3, -0.25) is 14.5 Å². The summed E-state index contributed by atoms with van der Waals surface area (Å²) < 4.78 is 34.2. The Morgan fingerprint density at radius 1 is 0.938 bits per heavy atom. The van der Waals surface area contributed by atoms with Crippen LogP contribution in [0.5, 0.6) is 0 Å². The van der Waals surface area contributed by atoms with E-state index in [0.717, 1.165) is 23.1 Å². The maximum absolute atomic E-state index is 14.6. The molecule has 0 bridgehead atoms. The van der Waals surface area contributed by atoms with E-state index in [1.807, 2.05) is 0 Å². The number of furan rings is 1. The van der Waals surface area contributed by atoms with E-state index in [0.29, 0.717) is 16.5 Å². The molecule has 1 aromatic heterocycles. The van der Waals surface area contributed by atoms with Crippen molar-refractivity contribution in [1.29, 1.82) is 0 Å². The molecule has 0 fully saturated rings.